The van der Waals surface area contributed by atoms with Crippen LogP contribution in [-0.4, -0.2) is 114 Å². The van der Waals surface area contributed by atoms with Crippen molar-refractivity contribution in [2.75, 3.05) is 68.8 Å². The number of aromatic nitrogens is 2. The predicted molar refractivity (Wildman–Crippen MR) is 196 cm³/mol. The van der Waals surface area contributed by atoms with Gasteiger partial charge in [0.15, 0.2) is 5.78 Å². The molecule has 2 N–H and O–H groups in total. The Morgan fingerprint density at radius 2 is 1.60 bits per heavy atom. The largest absolute Gasteiger partial charge is 0.378 e. The molecule has 13 nitrogen and oxygen atoms in total. The number of anilines is 2. The highest BCUT2D eigenvalue weighted by Gasteiger charge is 2.44. The molecule has 2 atom stereocenters. The first kappa shape index (κ1) is 35.0. The van der Waals surface area contributed by atoms with E-state index < -0.39 is 23.8 Å². The van der Waals surface area contributed by atoms with Gasteiger partial charge in [0.25, 0.3) is 17.7 Å². The first-order chi connectivity index (χ1) is 25.7. The van der Waals surface area contributed by atoms with E-state index in [1.54, 1.807) is 18.3 Å². The fourth-order valence-corrected chi connectivity index (χ4v) is 8.68. The number of carbonyl (C=O) groups excluding carboxylic acids is 5. The van der Waals surface area contributed by atoms with Crippen LogP contribution >= 0.6 is 0 Å². The van der Waals surface area contributed by atoms with Gasteiger partial charge in [-0.1, -0.05) is 24.3 Å². The number of ether oxygens (including phenoxy) is 1. The highest BCUT2D eigenvalue weighted by atomic mass is 16.5. The maximum Gasteiger partial charge on any atom is 0.269 e. The van der Waals surface area contributed by atoms with E-state index in [1.165, 1.54) is 5.56 Å². The predicted octanol–water partition coefficient (Wildman–Crippen LogP) is 3.00. The summed E-state index contributed by atoms with van der Waals surface area (Å²) < 4.78 is 5.46. The number of piperidine rings is 1. The Labute approximate surface area is 308 Å². The topological polar surface area (TPSA) is 159 Å². The molecule has 3 saturated heterocycles. The molecular formula is C40H45N7O6. The molecule has 5 heterocycles. The van der Waals surface area contributed by atoms with Gasteiger partial charge in [-0.05, 0) is 79.9 Å². The maximum absolute atomic E-state index is 13.4. The second kappa shape index (κ2) is 14.8. The molecule has 4 fully saturated rings. The van der Waals surface area contributed by atoms with Crippen LogP contribution in [0.15, 0.2) is 48.7 Å². The fraction of sp³-hybridized carbons (Fsp3) is 0.475. The standard InChI is InChI=1S/C40H45N7O6/c41-38(50)37-33(43-36(22-42-37)45-15-17-53-18-16-45)19-25-1-3-27(4-2-25)28-10-12-44(13-11-28)23-26-9-14-46(24-26)29-5-7-31-32(20-29)40(52)47(39(31)51)34-8-6-30(48)21-35(34)49/h1-5,7,20,22,26,28,34H,6,8-19,21,23-24H2,(H2,41,50)/t26-,34?/m1/s1. The van der Waals surface area contributed by atoms with E-state index in [0.29, 0.717) is 48.3 Å². The smallest absolute Gasteiger partial charge is 0.269 e. The number of fused-ring (bicyclic) bond motifs is 1. The van der Waals surface area contributed by atoms with E-state index in [4.69, 9.17) is 15.5 Å². The van der Waals surface area contributed by atoms with Crippen molar-refractivity contribution in [2.45, 2.75) is 56.9 Å². The third-order valence-corrected chi connectivity index (χ3v) is 11.6. The summed E-state index contributed by atoms with van der Waals surface area (Å²) in [4.78, 5) is 80.1. The van der Waals surface area contributed by atoms with Crippen LogP contribution < -0.4 is 15.5 Å². The van der Waals surface area contributed by atoms with Gasteiger partial charge >= 0.3 is 0 Å². The number of imide groups is 1. The highest BCUT2D eigenvalue weighted by molar-refractivity contribution is 6.24. The monoisotopic (exact) mass is 719 g/mol. The van der Waals surface area contributed by atoms with Gasteiger partial charge in [-0.25, -0.2) is 9.97 Å². The van der Waals surface area contributed by atoms with Gasteiger partial charge in [0.2, 0.25) is 0 Å². The van der Waals surface area contributed by atoms with Crippen molar-refractivity contribution in [3.05, 3.63) is 82.3 Å². The molecule has 4 aliphatic heterocycles. The summed E-state index contributed by atoms with van der Waals surface area (Å²) in [5, 5.41) is 0. The number of rotatable bonds is 9. The van der Waals surface area contributed by atoms with E-state index in [1.807, 2.05) is 6.07 Å². The number of likely N-dealkylation sites (tertiary alicyclic amines) is 1. The van der Waals surface area contributed by atoms with E-state index >= 15 is 0 Å². The van der Waals surface area contributed by atoms with Gasteiger partial charge in [-0.3, -0.25) is 28.9 Å². The van der Waals surface area contributed by atoms with Crippen LogP contribution in [0.1, 0.15) is 92.5 Å². The van der Waals surface area contributed by atoms with Crippen LogP contribution in [0.2, 0.25) is 0 Å². The number of hydrogen-bond donors (Lipinski definition) is 1. The molecule has 5 aliphatic rings. The zero-order chi connectivity index (χ0) is 36.6. The Bertz CT molecular complexity index is 1940. The lowest BCUT2D eigenvalue weighted by atomic mass is 9.88. The Kier molecular flexibility index (Phi) is 9.78. The molecule has 53 heavy (non-hydrogen) atoms. The van der Waals surface area contributed by atoms with E-state index in [2.05, 4.69) is 43.9 Å². The lowest BCUT2D eigenvalue weighted by Gasteiger charge is -2.34. The molecule has 1 aliphatic carbocycles. The lowest BCUT2D eigenvalue weighted by molar-refractivity contribution is -0.132. The van der Waals surface area contributed by atoms with Crippen molar-refractivity contribution in [3.63, 3.8) is 0 Å². The molecule has 0 spiro atoms. The minimum absolute atomic E-state index is 0.138. The number of nitrogens with zero attached hydrogens (tertiary/aromatic N) is 6. The average Bonchev–Trinajstić information content (AvgIpc) is 3.74. The second-order valence-electron chi connectivity index (χ2n) is 15.0. The van der Waals surface area contributed by atoms with Crippen molar-refractivity contribution in [1.29, 1.82) is 0 Å². The molecular weight excluding hydrogens is 674 g/mol. The Morgan fingerprint density at radius 3 is 2.34 bits per heavy atom. The number of primary amides is 1. The molecule has 8 rings (SSSR count). The molecule has 3 amide bonds. The van der Waals surface area contributed by atoms with Gasteiger partial charge < -0.3 is 25.2 Å². The van der Waals surface area contributed by atoms with E-state index in [-0.39, 0.29) is 36.5 Å². The van der Waals surface area contributed by atoms with Crippen LogP contribution in [0, 0.1) is 5.92 Å². The molecule has 13 heteroatoms. The zero-order valence-electron chi connectivity index (χ0n) is 29.9. The Morgan fingerprint density at radius 1 is 0.849 bits per heavy atom. The van der Waals surface area contributed by atoms with Crippen LogP contribution in [0.3, 0.4) is 0 Å². The first-order valence-electron chi connectivity index (χ1n) is 18.8. The normalized spacial score (nSPS) is 22.9. The number of morpholine rings is 1. The highest BCUT2D eigenvalue weighted by Crippen LogP contribution is 2.34. The summed E-state index contributed by atoms with van der Waals surface area (Å²) in [5.41, 5.74) is 10.4. The lowest BCUT2D eigenvalue weighted by Crippen LogP contribution is -2.47. The third kappa shape index (κ3) is 7.19. The SMILES string of the molecule is NC(=O)c1ncc(N2CCOCC2)nc1Cc1ccc(C2CCN(C[C@H]3CCN(c4ccc5c(c4)C(=O)N(C4CCC(=O)CC4=O)C5=O)C3)CC2)cc1. The van der Waals surface area contributed by atoms with Crippen molar-refractivity contribution in [3.8, 4) is 0 Å². The minimum atomic E-state index is -0.856. The number of carbonyl (C=O) groups is 5. The summed E-state index contributed by atoms with van der Waals surface area (Å²) in [6, 6.07) is 13.2. The van der Waals surface area contributed by atoms with Gasteiger partial charge in [-0.15, -0.1) is 0 Å². The van der Waals surface area contributed by atoms with Gasteiger partial charge in [0.05, 0.1) is 48.7 Å². The summed E-state index contributed by atoms with van der Waals surface area (Å²) in [7, 11) is 0. The minimum Gasteiger partial charge on any atom is -0.378 e. The van der Waals surface area contributed by atoms with Crippen molar-refractivity contribution in [2.24, 2.45) is 11.7 Å². The van der Waals surface area contributed by atoms with E-state index in [0.717, 1.165) is 87.0 Å². The number of benzene rings is 2. The number of Topliss-reactive ketones (excluding diaryl/α,β-unsaturated/α-hetero) is 2. The quantitative estimate of drug-likeness (QED) is 0.256. The first-order valence-corrected chi connectivity index (χ1v) is 18.8. The van der Waals surface area contributed by atoms with Crippen LogP contribution in [0.4, 0.5) is 11.5 Å². The number of nitrogens with two attached hydrogens (primary N) is 1. The number of amides is 3. The zero-order valence-corrected chi connectivity index (χ0v) is 29.9. The number of hydrogen-bond acceptors (Lipinski definition) is 11. The molecule has 2 aromatic carbocycles. The Hall–Kier alpha value is -5.01. The van der Waals surface area contributed by atoms with Crippen molar-refractivity contribution < 1.29 is 28.7 Å². The molecule has 0 radical (unpaired) electrons. The van der Waals surface area contributed by atoms with Crippen molar-refractivity contribution in [1.82, 2.24) is 19.8 Å². The fourth-order valence-electron chi connectivity index (χ4n) is 8.68. The molecule has 1 unspecified atom stereocenters. The molecule has 1 saturated carbocycles. The summed E-state index contributed by atoms with van der Waals surface area (Å²) in [6.07, 6.45) is 5.52. The number of ketones is 2. The molecule has 1 aromatic heterocycles. The summed E-state index contributed by atoms with van der Waals surface area (Å²) in [6.45, 7) is 7.59. The van der Waals surface area contributed by atoms with Crippen molar-refractivity contribution >= 4 is 40.8 Å². The van der Waals surface area contributed by atoms with Gasteiger partial charge in [0.1, 0.15) is 17.3 Å². The van der Waals surface area contributed by atoms with E-state index in [9.17, 15) is 24.0 Å². The average molecular weight is 720 g/mol. The Balaban J connectivity index is 0.835. The van der Waals surface area contributed by atoms with Crippen LogP contribution in [-0.2, 0) is 20.7 Å². The molecule has 3 aromatic rings. The molecule has 276 valence electrons. The third-order valence-electron chi connectivity index (χ3n) is 11.6. The maximum atomic E-state index is 13.4. The second-order valence-corrected chi connectivity index (χ2v) is 15.0. The molecule has 0 bridgehead atoms. The van der Waals surface area contributed by atoms with Crippen LogP contribution in [0.25, 0.3) is 0 Å². The van der Waals surface area contributed by atoms with Gasteiger partial charge in [-0.2, -0.15) is 0 Å². The van der Waals surface area contributed by atoms with Gasteiger partial charge in [0, 0.05) is 51.3 Å². The van der Waals surface area contributed by atoms with Crippen LogP contribution in [0.5, 0.6) is 0 Å². The summed E-state index contributed by atoms with van der Waals surface area (Å²) in [5.74, 6) is -0.219. The summed E-state index contributed by atoms with van der Waals surface area (Å²) >= 11 is 0.